The number of hydrogen-bond donors (Lipinski definition) is 1. The molecule has 0 saturated carbocycles. The van der Waals surface area contributed by atoms with Gasteiger partial charge in [-0.15, -0.1) is 5.10 Å². The Balaban J connectivity index is 1.56. The van der Waals surface area contributed by atoms with Gasteiger partial charge < -0.3 is 5.32 Å². The minimum Gasteiger partial charge on any atom is -0.322 e. The Morgan fingerprint density at radius 2 is 1.59 bits per heavy atom. The Morgan fingerprint density at radius 3 is 2.24 bits per heavy atom. The smallest absolute Gasteiger partial charge is 0.255 e. The normalized spacial score (nSPS) is 10.7. The predicted octanol–water partition coefficient (Wildman–Crippen LogP) is 4.94. The third-order valence-electron chi connectivity index (χ3n) is 4.54. The third-order valence-corrected chi connectivity index (χ3v) is 4.54. The van der Waals surface area contributed by atoms with E-state index in [-0.39, 0.29) is 11.7 Å². The SMILES string of the molecule is Cc1cc(C)cc(NC(=O)c2ccc(-n3nncc3-c3ccc(F)cc3)cc2)c1. The van der Waals surface area contributed by atoms with Gasteiger partial charge in [-0.2, -0.15) is 0 Å². The number of aromatic nitrogens is 3. The molecule has 1 heterocycles. The zero-order chi connectivity index (χ0) is 20.4. The molecule has 1 N–H and O–H groups in total. The fourth-order valence-electron chi connectivity index (χ4n) is 3.25. The van der Waals surface area contributed by atoms with Crippen LogP contribution in [0.25, 0.3) is 16.9 Å². The second-order valence-electron chi connectivity index (χ2n) is 6.92. The van der Waals surface area contributed by atoms with E-state index in [0.717, 1.165) is 33.8 Å². The monoisotopic (exact) mass is 386 g/mol. The van der Waals surface area contributed by atoms with Gasteiger partial charge in [0.2, 0.25) is 0 Å². The van der Waals surface area contributed by atoms with E-state index in [1.807, 2.05) is 26.0 Å². The van der Waals surface area contributed by atoms with Crippen molar-refractivity contribution in [3.8, 4) is 16.9 Å². The van der Waals surface area contributed by atoms with E-state index in [4.69, 9.17) is 0 Å². The van der Waals surface area contributed by atoms with E-state index in [2.05, 4.69) is 21.7 Å². The highest BCUT2D eigenvalue weighted by Crippen LogP contribution is 2.22. The molecule has 4 rings (SSSR count). The largest absolute Gasteiger partial charge is 0.322 e. The molecule has 0 aliphatic carbocycles. The molecule has 0 radical (unpaired) electrons. The molecule has 0 saturated heterocycles. The van der Waals surface area contributed by atoms with Crippen LogP contribution < -0.4 is 5.32 Å². The Kier molecular flexibility index (Phi) is 4.91. The lowest BCUT2D eigenvalue weighted by atomic mass is 10.1. The van der Waals surface area contributed by atoms with E-state index in [9.17, 15) is 9.18 Å². The molecule has 1 amide bonds. The van der Waals surface area contributed by atoms with Crippen molar-refractivity contribution in [2.75, 3.05) is 5.32 Å². The van der Waals surface area contributed by atoms with Crippen LogP contribution in [0, 0.1) is 19.7 Å². The predicted molar refractivity (Wildman–Crippen MR) is 111 cm³/mol. The average molecular weight is 386 g/mol. The maximum Gasteiger partial charge on any atom is 0.255 e. The van der Waals surface area contributed by atoms with E-state index in [0.29, 0.717) is 5.56 Å². The number of aryl methyl sites for hydroxylation is 2. The highest BCUT2D eigenvalue weighted by molar-refractivity contribution is 6.04. The van der Waals surface area contributed by atoms with Crippen LogP contribution in [-0.2, 0) is 0 Å². The molecule has 6 heteroatoms. The summed E-state index contributed by atoms with van der Waals surface area (Å²) in [7, 11) is 0. The Hall–Kier alpha value is -3.80. The van der Waals surface area contributed by atoms with E-state index in [1.165, 1.54) is 12.1 Å². The van der Waals surface area contributed by atoms with Crippen molar-refractivity contribution in [3.05, 3.63) is 95.4 Å². The number of halogens is 1. The van der Waals surface area contributed by atoms with E-state index < -0.39 is 0 Å². The molecule has 0 spiro atoms. The first-order chi connectivity index (χ1) is 14.0. The maximum absolute atomic E-state index is 13.2. The summed E-state index contributed by atoms with van der Waals surface area (Å²) in [6, 6.07) is 19.2. The number of benzene rings is 3. The van der Waals surface area contributed by atoms with Gasteiger partial charge >= 0.3 is 0 Å². The van der Waals surface area contributed by atoms with E-state index >= 15 is 0 Å². The van der Waals surface area contributed by atoms with Gasteiger partial charge in [0.15, 0.2) is 0 Å². The van der Waals surface area contributed by atoms with Crippen LogP contribution in [0.1, 0.15) is 21.5 Å². The first-order valence-corrected chi connectivity index (χ1v) is 9.16. The molecule has 1 aromatic heterocycles. The van der Waals surface area contributed by atoms with Crippen LogP contribution in [0.15, 0.2) is 72.9 Å². The number of hydrogen-bond acceptors (Lipinski definition) is 3. The van der Waals surface area contributed by atoms with Crippen molar-refractivity contribution in [2.45, 2.75) is 13.8 Å². The van der Waals surface area contributed by atoms with Crippen molar-refractivity contribution in [1.82, 2.24) is 15.0 Å². The Bertz CT molecular complexity index is 1140. The van der Waals surface area contributed by atoms with Crippen LogP contribution in [0.4, 0.5) is 10.1 Å². The van der Waals surface area contributed by atoms with Crippen LogP contribution in [0.5, 0.6) is 0 Å². The van der Waals surface area contributed by atoms with E-state index in [1.54, 1.807) is 47.3 Å². The third kappa shape index (κ3) is 4.06. The maximum atomic E-state index is 13.2. The molecule has 5 nitrogen and oxygen atoms in total. The summed E-state index contributed by atoms with van der Waals surface area (Å²) in [5.74, 6) is -0.481. The average Bonchev–Trinajstić information content (AvgIpc) is 3.17. The summed E-state index contributed by atoms with van der Waals surface area (Å²) >= 11 is 0. The molecule has 0 aliphatic heterocycles. The van der Waals surface area contributed by atoms with Gasteiger partial charge in [0.05, 0.1) is 17.6 Å². The lowest BCUT2D eigenvalue weighted by Crippen LogP contribution is -2.12. The lowest BCUT2D eigenvalue weighted by molar-refractivity contribution is 0.102. The number of nitrogens with zero attached hydrogens (tertiary/aromatic N) is 3. The topological polar surface area (TPSA) is 59.8 Å². The van der Waals surface area contributed by atoms with Gasteiger partial charge in [-0.3, -0.25) is 4.79 Å². The second-order valence-corrected chi connectivity index (χ2v) is 6.92. The van der Waals surface area contributed by atoms with Gasteiger partial charge in [0.1, 0.15) is 5.82 Å². The fourth-order valence-corrected chi connectivity index (χ4v) is 3.25. The molecule has 29 heavy (non-hydrogen) atoms. The second kappa shape index (κ2) is 7.67. The van der Waals surface area contributed by atoms with Crippen molar-refractivity contribution in [1.29, 1.82) is 0 Å². The zero-order valence-corrected chi connectivity index (χ0v) is 16.1. The standard InChI is InChI=1S/C23H19FN4O/c1-15-11-16(2)13-20(12-15)26-23(29)18-5-9-21(10-6-18)28-22(14-25-27-28)17-3-7-19(24)8-4-17/h3-14H,1-2H3,(H,26,29). The van der Waals surface area contributed by atoms with Crippen molar-refractivity contribution in [2.24, 2.45) is 0 Å². The molecule has 0 aliphatic rings. The number of carbonyl (C=O) groups excluding carboxylic acids is 1. The number of anilines is 1. The summed E-state index contributed by atoms with van der Waals surface area (Å²) < 4.78 is 14.8. The summed E-state index contributed by atoms with van der Waals surface area (Å²) in [5.41, 5.74) is 5.78. The molecule has 4 aromatic rings. The molecule has 0 atom stereocenters. The van der Waals surface area contributed by atoms with Crippen molar-refractivity contribution >= 4 is 11.6 Å². The minimum atomic E-state index is -0.299. The lowest BCUT2D eigenvalue weighted by Gasteiger charge is -2.09. The summed E-state index contributed by atoms with van der Waals surface area (Å²) in [4.78, 5) is 12.6. The van der Waals surface area contributed by atoms with Gasteiger partial charge in [-0.25, -0.2) is 9.07 Å². The molecular weight excluding hydrogens is 367 g/mol. The summed E-state index contributed by atoms with van der Waals surface area (Å²) in [6.07, 6.45) is 1.62. The molecule has 0 bridgehead atoms. The van der Waals surface area contributed by atoms with Gasteiger partial charge in [-0.05, 0) is 85.6 Å². The molecular formula is C23H19FN4O. The van der Waals surface area contributed by atoms with Gasteiger partial charge in [-0.1, -0.05) is 11.3 Å². The number of nitrogens with one attached hydrogen (secondary N) is 1. The van der Waals surface area contributed by atoms with Crippen LogP contribution in [0.3, 0.4) is 0 Å². The summed E-state index contributed by atoms with van der Waals surface area (Å²) in [5, 5.41) is 11.0. The summed E-state index contributed by atoms with van der Waals surface area (Å²) in [6.45, 7) is 3.99. The van der Waals surface area contributed by atoms with Crippen molar-refractivity contribution < 1.29 is 9.18 Å². The minimum absolute atomic E-state index is 0.182. The molecule has 0 fully saturated rings. The van der Waals surface area contributed by atoms with Crippen LogP contribution >= 0.6 is 0 Å². The number of carbonyl (C=O) groups is 1. The fraction of sp³-hybridized carbons (Fsp3) is 0.0870. The quantitative estimate of drug-likeness (QED) is 0.540. The first kappa shape index (κ1) is 18.6. The van der Waals surface area contributed by atoms with Gasteiger partial charge in [0, 0.05) is 16.8 Å². The van der Waals surface area contributed by atoms with Crippen LogP contribution in [-0.4, -0.2) is 20.9 Å². The molecule has 144 valence electrons. The number of rotatable bonds is 4. The Morgan fingerprint density at radius 1 is 0.931 bits per heavy atom. The molecule has 0 unspecified atom stereocenters. The van der Waals surface area contributed by atoms with Gasteiger partial charge in [0.25, 0.3) is 5.91 Å². The first-order valence-electron chi connectivity index (χ1n) is 9.16. The highest BCUT2D eigenvalue weighted by atomic mass is 19.1. The van der Waals surface area contributed by atoms with Crippen molar-refractivity contribution in [3.63, 3.8) is 0 Å². The van der Waals surface area contributed by atoms with Crippen LogP contribution in [0.2, 0.25) is 0 Å². The number of amides is 1. The highest BCUT2D eigenvalue weighted by Gasteiger charge is 2.11. The Labute approximate surface area is 167 Å². The zero-order valence-electron chi connectivity index (χ0n) is 16.1. The molecule has 3 aromatic carbocycles.